The fraction of sp³-hybridized carbons (Fsp3) is 0.0769. The Morgan fingerprint density at radius 2 is 1.19 bits per heavy atom. The molecule has 0 N–H and O–H groups in total. The van der Waals surface area contributed by atoms with Crippen LogP contribution in [0.25, 0.3) is 0 Å². The predicted octanol–water partition coefficient (Wildman–Crippen LogP) is 2.68. The van der Waals surface area contributed by atoms with E-state index in [1.165, 1.54) is 0 Å². The number of hydrogen-bond donors (Lipinski definition) is 0. The van der Waals surface area contributed by atoms with Crippen molar-refractivity contribution in [1.82, 2.24) is 0 Å². The molecule has 82 valence electrons. The van der Waals surface area contributed by atoms with Crippen LogP contribution in [-0.4, -0.2) is 7.11 Å². The average Bonchev–Trinajstić information content (AvgIpc) is 2.40. The Hall–Kier alpha value is -0.950. The molecule has 0 saturated heterocycles. The van der Waals surface area contributed by atoms with Gasteiger partial charge in [0.2, 0.25) is 0 Å². The molecule has 0 spiro atoms. The van der Waals surface area contributed by atoms with E-state index in [0.717, 1.165) is 10.6 Å². The van der Waals surface area contributed by atoms with E-state index in [0.29, 0.717) is 0 Å². The van der Waals surface area contributed by atoms with Gasteiger partial charge in [-0.15, -0.1) is 0 Å². The molecule has 0 radical (unpaired) electrons. The second-order valence-corrected chi connectivity index (χ2v) is 7.45. The molecule has 0 aliphatic heterocycles. The number of rotatable bonds is 3. The van der Waals surface area contributed by atoms with Crippen LogP contribution in [0.2, 0.25) is 0 Å². The van der Waals surface area contributed by atoms with Crippen molar-refractivity contribution >= 4 is 28.7 Å². The minimum atomic E-state index is -2.07. The standard InChI is InChI=1S/C13H13OPS/c1-14-15(16,12-8-4-2-5-9-12)13-10-6-3-7-11-13/h2-11H,1H3. The highest BCUT2D eigenvalue weighted by Crippen LogP contribution is 2.43. The second kappa shape index (κ2) is 4.92. The highest BCUT2D eigenvalue weighted by atomic mass is 32.4. The van der Waals surface area contributed by atoms with Gasteiger partial charge in [0.1, 0.15) is 6.26 Å². The van der Waals surface area contributed by atoms with E-state index in [2.05, 4.69) is 0 Å². The lowest BCUT2D eigenvalue weighted by Gasteiger charge is -2.20. The van der Waals surface area contributed by atoms with E-state index in [4.69, 9.17) is 16.3 Å². The summed E-state index contributed by atoms with van der Waals surface area (Å²) in [5.41, 5.74) is 0. The van der Waals surface area contributed by atoms with Gasteiger partial charge in [0.25, 0.3) is 0 Å². The second-order valence-electron chi connectivity index (χ2n) is 3.41. The Balaban J connectivity index is 2.54. The van der Waals surface area contributed by atoms with Crippen molar-refractivity contribution in [2.75, 3.05) is 7.11 Å². The van der Waals surface area contributed by atoms with Gasteiger partial charge in [0.15, 0.2) is 0 Å². The van der Waals surface area contributed by atoms with Gasteiger partial charge >= 0.3 is 0 Å². The summed E-state index contributed by atoms with van der Waals surface area (Å²) in [6.45, 7) is 0. The lowest BCUT2D eigenvalue weighted by atomic mass is 10.4. The molecule has 2 aromatic carbocycles. The average molecular weight is 248 g/mol. The molecule has 3 heteroatoms. The SMILES string of the molecule is COP(=S)(c1ccccc1)c1ccccc1. The number of hydrogen-bond acceptors (Lipinski definition) is 2. The molecule has 0 unspecified atom stereocenters. The van der Waals surface area contributed by atoms with Crippen LogP contribution in [0.5, 0.6) is 0 Å². The van der Waals surface area contributed by atoms with Gasteiger partial charge in [-0.3, -0.25) is 0 Å². The van der Waals surface area contributed by atoms with Crippen molar-refractivity contribution < 1.29 is 4.52 Å². The summed E-state index contributed by atoms with van der Waals surface area (Å²) in [6, 6.07) is 20.1. The minimum Gasteiger partial charge on any atom is -0.346 e. The van der Waals surface area contributed by atoms with Crippen molar-refractivity contribution in [2.24, 2.45) is 0 Å². The Morgan fingerprint density at radius 1 is 0.812 bits per heavy atom. The quantitative estimate of drug-likeness (QED) is 0.772. The Labute approximate surface area is 101 Å². The summed E-state index contributed by atoms with van der Waals surface area (Å²) in [7, 11) is 1.70. The first-order chi connectivity index (χ1) is 7.77. The van der Waals surface area contributed by atoms with Crippen LogP contribution in [0.1, 0.15) is 0 Å². The maximum Gasteiger partial charge on any atom is 0.122 e. The highest BCUT2D eigenvalue weighted by Gasteiger charge is 2.20. The summed E-state index contributed by atoms with van der Waals surface area (Å²) < 4.78 is 5.64. The lowest BCUT2D eigenvalue weighted by Crippen LogP contribution is -2.16. The Kier molecular flexibility index (Phi) is 3.55. The zero-order chi connectivity index (χ0) is 11.4. The van der Waals surface area contributed by atoms with Crippen LogP contribution < -0.4 is 10.6 Å². The highest BCUT2D eigenvalue weighted by molar-refractivity contribution is 8.19. The van der Waals surface area contributed by atoms with Gasteiger partial charge in [-0.1, -0.05) is 72.5 Å². The summed E-state index contributed by atoms with van der Waals surface area (Å²) >= 11 is 5.72. The molecule has 2 rings (SSSR count). The van der Waals surface area contributed by atoms with E-state index < -0.39 is 6.26 Å². The van der Waals surface area contributed by atoms with Crippen molar-refractivity contribution in [2.45, 2.75) is 0 Å². The van der Waals surface area contributed by atoms with Crippen LogP contribution in [0.3, 0.4) is 0 Å². The molecule has 0 saturated carbocycles. The fourth-order valence-corrected chi connectivity index (χ4v) is 4.19. The maximum atomic E-state index is 5.72. The molecule has 2 aromatic rings. The van der Waals surface area contributed by atoms with E-state index in [1.807, 2.05) is 60.7 Å². The molecule has 0 bridgehead atoms. The molecular weight excluding hydrogens is 235 g/mol. The lowest BCUT2D eigenvalue weighted by molar-refractivity contribution is 0.472. The monoisotopic (exact) mass is 248 g/mol. The van der Waals surface area contributed by atoms with Gasteiger partial charge in [-0.05, 0) is 0 Å². The summed E-state index contributed by atoms with van der Waals surface area (Å²) in [5.74, 6) is 0. The van der Waals surface area contributed by atoms with Crippen LogP contribution in [0, 0.1) is 0 Å². The third-order valence-corrected chi connectivity index (χ3v) is 6.63. The molecular formula is C13H13OPS. The maximum absolute atomic E-state index is 5.72. The van der Waals surface area contributed by atoms with Crippen molar-refractivity contribution in [1.29, 1.82) is 0 Å². The third-order valence-electron chi connectivity index (χ3n) is 2.45. The van der Waals surface area contributed by atoms with Gasteiger partial charge < -0.3 is 4.52 Å². The zero-order valence-corrected chi connectivity index (χ0v) is 10.7. The number of benzene rings is 2. The van der Waals surface area contributed by atoms with Crippen molar-refractivity contribution in [3.63, 3.8) is 0 Å². The minimum absolute atomic E-state index is 1.10. The van der Waals surface area contributed by atoms with Gasteiger partial charge in [-0.2, -0.15) is 0 Å². The molecule has 1 nitrogen and oxygen atoms in total. The Bertz CT molecular complexity index is 452. The first-order valence-corrected chi connectivity index (χ1v) is 7.76. The molecule has 0 aromatic heterocycles. The van der Waals surface area contributed by atoms with E-state index in [9.17, 15) is 0 Å². The van der Waals surface area contributed by atoms with Crippen molar-refractivity contribution in [3.05, 3.63) is 60.7 Å². The fourth-order valence-electron chi connectivity index (χ4n) is 1.61. The summed E-state index contributed by atoms with van der Waals surface area (Å²) in [5, 5.41) is 2.19. The van der Waals surface area contributed by atoms with Crippen LogP contribution in [0.15, 0.2) is 60.7 Å². The predicted molar refractivity (Wildman–Crippen MR) is 73.4 cm³/mol. The van der Waals surface area contributed by atoms with Crippen molar-refractivity contribution in [3.8, 4) is 0 Å². The van der Waals surface area contributed by atoms with E-state index in [-0.39, 0.29) is 0 Å². The van der Waals surface area contributed by atoms with E-state index >= 15 is 0 Å². The zero-order valence-electron chi connectivity index (χ0n) is 9.04. The first-order valence-electron chi connectivity index (χ1n) is 5.04. The smallest absolute Gasteiger partial charge is 0.122 e. The summed E-state index contributed by atoms with van der Waals surface area (Å²) in [6.07, 6.45) is -2.07. The van der Waals surface area contributed by atoms with Gasteiger partial charge in [-0.25, -0.2) is 0 Å². The normalized spacial score (nSPS) is 11.3. The van der Waals surface area contributed by atoms with Gasteiger partial charge in [0.05, 0.1) is 0 Å². The molecule has 16 heavy (non-hydrogen) atoms. The largest absolute Gasteiger partial charge is 0.346 e. The molecule has 0 aliphatic carbocycles. The molecule has 0 heterocycles. The molecule has 0 amide bonds. The molecule has 0 aliphatic rings. The first kappa shape index (κ1) is 11.5. The summed E-state index contributed by atoms with van der Waals surface area (Å²) in [4.78, 5) is 0. The molecule has 0 fully saturated rings. The van der Waals surface area contributed by atoms with Crippen LogP contribution in [-0.2, 0) is 16.3 Å². The Morgan fingerprint density at radius 3 is 1.50 bits per heavy atom. The molecule has 0 atom stereocenters. The third kappa shape index (κ3) is 2.10. The van der Waals surface area contributed by atoms with Crippen LogP contribution in [0.4, 0.5) is 0 Å². The van der Waals surface area contributed by atoms with E-state index in [1.54, 1.807) is 7.11 Å². The van der Waals surface area contributed by atoms with Gasteiger partial charge in [0, 0.05) is 17.7 Å². The van der Waals surface area contributed by atoms with Crippen LogP contribution >= 0.6 is 6.26 Å². The topological polar surface area (TPSA) is 9.23 Å².